The lowest BCUT2D eigenvalue weighted by Gasteiger charge is -2.31. The molecule has 1 aromatic rings. The molecule has 0 atom stereocenters. The van der Waals surface area contributed by atoms with Crippen LogP contribution in [0.25, 0.3) is 0 Å². The summed E-state index contributed by atoms with van der Waals surface area (Å²) in [5.74, 6) is -0.226. The van der Waals surface area contributed by atoms with E-state index in [1.54, 1.807) is 6.92 Å². The van der Waals surface area contributed by atoms with Crippen molar-refractivity contribution in [1.82, 2.24) is 10.2 Å². The van der Waals surface area contributed by atoms with Crippen LogP contribution in [0.2, 0.25) is 0 Å². The molecule has 0 aromatic heterocycles. The fourth-order valence-electron chi connectivity index (χ4n) is 5.71. The molecule has 1 aromatic carbocycles. The second-order valence-corrected chi connectivity index (χ2v) is 10.1. The SMILES string of the molecule is CC1=C(N2CCC3(CCCCC3)C2=O)COC1=O.CCCNCCc1ccc2c(c1C)COC2=O. The van der Waals surface area contributed by atoms with Crippen molar-refractivity contribution in [2.24, 2.45) is 5.41 Å². The van der Waals surface area contributed by atoms with Gasteiger partial charge in [0.25, 0.3) is 0 Å². The van der Waals surface area contributed by atoms with Gasteiger partial charge in [-0.25, -0.2) is 9.59 Å². The zero-order valence-electron chi connectivity index (χ0n) is 21.3. The Hall–Kier alpha value is -2.67. The van der Waals surface area contributed by atoms with E-state index in [2.05, 4.69) is 19.2 Å². The van der Waals surface area contributed by atoms with Gasteiger partial charge in [-0.15, -0.1) is 0 Å². The van der Waals surface area contributed by atoms with Crippen LogP contribution < -0.4 is 5.32 Å². The van der Waals surface area contributed by atoms with Crippen LogP contribution in [0.3, 0.4) is 0 Å². The molecule has 3 aliphatic heterocycles. The molecule has 2 fully saturated rings. The van der Waals surface area contributed by atoms with Crippen LogP contribution in [0.4, 0.5) is 0 Å². The van der Waals surface area contributed by atoms with Crippen molar-refractivity contribution in [2.75, 3.05) is 26.2 Å². The third kappa shape index (κ3) is 5.15. The number of nitrogens with zero attached hydrogens (tertiary/aromatic N) is 1. The van der Waals surface area contributed by atoms with E-state index in [-0.39, 0.29) is 29.9 Å². The first-order chi connectivity index (χ1) is 16.9. The third-order valence-electron chi connectivity index (χ3n) is 8.00. The molecule has 7 nitrogen and oxygen atoms in total. The maximum Gasteiger partial charge on any atom is 0.338 e. The van der Waals surface area contributed by atoms with E-state index in [0.717, 1.165) is 81.4 Å². The first-order valence-electron chi connectivity index (χ1n) is 13.1. The second-order valence-electron chi connectivity index (χ2n) is 10.1. The monoisotopic (exact) mass is 482 g/mol. The highest BCUT2D eigenvalue weighted by molar-refractivity contribution is 5.94. The third-order valence-corrected chi connectivity index (χ3v) is 8.00. The lowest BCUT2D eigenvalue weighted by molar-refractivity contribution is -0.138. The summed E-state index contributed by atoms with van der Waals surface area (Å²) in [6.07, 6.45) is 8.71. The van der Waals surface area contributed by atoms with Crippen molar-refractivity contribution < 1.29 is 23.9 Å². The molecule has 0 radical (unpaired) electrons. The predicted molar refractivity (Wildman–Crippen MR) is 133 cm³/mol. The molecule has 1 spiro atoms. The van der Waals surface area contributed by atoms with E-state index < -0.39 is 0 Å². The largest absolute Gasteiger partial charge is 0.457 e. The molecule has 7 heteroatoms. The van der Waals surface area contributed by atoms with Gasteiger partial charge in [-0.2, -0.15) is 0 Å². The van der Waals surface area contributed by atoms with E-state index in [1.807, 2.05) is 17.0 Å². The van der Waals surface area contributed by atoms with Crippen molar-refractivity contribution in [3.8, 4) is 0 Å². The number of nitrogens with one attached hydrogen (secondary N) is 1. The highest BCUT2D eigenvalue weighted by Crippen LogP contribution is 2.46. The average molecular weight is 483 g/mol. The Morgan fingerprint density at radius 2 is 1.69 bits per heavy atom. The standard InChI is InChI=1S/C14H19NO3.C14H19NO2/c1-10-11(9-18-12(10)16)15-8-7-14(13(15)17)5-3-2-4-6-14;1-3-7-15-8-6-11-4-5-12-13(10(11)2)9-17-14(12)16/h2-9H2,1H3;4-5,15H,3,6-9H2,1-2H3. The molecule has 1 saturated carbocycles. The molecule has 1 N–H and O–H groups in total. The van der Waals surface area contributed by atoms with Crippen LogP contribution in [0, 0.1) is 12.3 Å². The van der Waals surface area contributed by atoms with Gasteiger partial charge in [-0.3, -0.25) is 4.79 Å². The van der Waals surface area contributed by atoms with Crippen molar-refractivity contribution in [3.63, 3.8) is 0 Å². The van der Waals surface area contributed by atoms with Crippen LogP contribution in [0.15, 0.2) is 23.4 Å². The van der Waals surface area contributed by atoms with Crippen molar-refractivity contribution in [1.29, 1.82) is 0 Å². The molecular weight excluding hydrogens is 444 g/mol. The Kier molecular flexibility index (Phi) is 7.95. The summed E-state index contributed by atoms with van der Waals surface area (Å²) >= 11 is 0. The first-order valence-corrected chi connectivity index (χ1v) is 13.1. The molecule has 4 aliphatic rings. The lowest BCUT2D eigenvalue weighted by atomic mass is 9.73. The van der Waals surface area contributed by atoms with Gasteiger partial charge in [0, 0.05) is 12.1 Å². The van der Waals surface area contributed by atoms with Crippen LogP contribution in [-0.4, -0.2) is 49.0 Å². The number of carbonyl (C=O) groups is 3. The highest BCUT2D eigenvalue weighted by Gasteiger charge is 2.48. The number of hydrogen-bond donors (Lipinski definition) is 1. The van der Waals surface area contributed by atoms with Gasteiger partial charge in [0.05, 0.1) is 22.2 Å². The molecule has 1 amide bonds. The number of rotatable bonds is 6. The highest BCUT2D eigenvalue weighted by atomic mass is 16.5. The fraction of sp³-hybridized carbons (Fsp3) is 0.607. The van der Waals surface area contributed by atoms with E-state index in [9.17, 15) is 14.4 Å². The molecule has 5 rings (SSSR count). The molecule has 0 bridgehead atoms. The number of fused-ring (bicyclic) bond motifs is 1. The minimum atomic E-state index is -0.276. The summed E-state index contributed by atoms with van der Waals surface area (Å²) in [4.78, 5) is 37.2. The number of ether oxygens (including phenoxy) is 2. The predicted octanol–water partition coefficient (Wildman–Crippen LogP) is 4.21. The Labute approximate surface area is 208 Å². The van der Waals surface area contributed by atoms with Crippen LogP contribution in [-0.2, 0) is 32.1 Å². The van der Waals surface area contributed by atoms with Gasteiger partial charge >= 0.3 is 11.9 Å². The number of amides is 1. The summed E-state index contributed by atoms with van der Waals surface area (Å²) in [5, 5.41) is 3.39. The Balaban J connectivity index is 0.000000165. The maximum atomic E-state index is 12.6. The topological polar surface area (TPSA) is 84.9 Å². The summed E-state index contributed by atoms with van der Waals surface area (Å²) in [7, 11) is 0. The minimum Gasteiger partial charge on any atom is -0.457 e. The van der Waals surface area contributed by atoms with E-state index >= 15 is 0 Å². The molecule has 0 unspecified atom stereocenters. The van der Waals surface area contributed by atoms with Gasteiger partial charge in [0.1, 0.15) is 13.2 Å². The van der Waals surface area contributed by atoms with Gasteiger partial charge in [0.15, 0.2) is 0 Å². The normalized spacial score (nSPS) is 20.7. The maximum absolute atomic E-state index is 12.6. The molecular formula is C28H38N2O5. The number of likely N-dealkylation sites (tertiary alicyclic amines) is 1. The number of esters is 2. The molecule has 1 saturated heterocycles. The van der Waals surface area contributed by atoms with Crippen LogP contribution in [0.1, 0.15) is 85.8 Å². The Bertz CT molecular complexity index is 1020. The number of benzene rings is 1. The average Bonchev–Trinajstić information content (AvgIpc) is 3.50. The van der Waals surface area contributed by atoms with E-state index in [1.165, 1.54) is 17.5 Å². The van der Waals surface area contributed by atoms with Gasteiger partial charge in [-0.05, 0) is 76.2 Å². The number of carbonyl (C=O) groups excluding carboxylic acids is 3. The van der Waals surface area contributed by atoms with E-state index in [4.69, 9.17) is 9.47 Å². The zero-order chi connectivity index (χ0) is 25.0. The van der Waals surface area contributed by atoms with Gasteiger partial charge in [0.2, 0.25) is 5.91 Å². The molecule has 190 valence electrons. The summed E-state index contributed by atoms with van der Waals surface area (Å²) in [5.41, 5.74) is 5.62. The Morgan fingerprint density at radius 3 is 2.37 bits per heavy atom. The lowest BCUT2D eigenvalue weighted by Crippen LogP contribution is -2.36. The van der Waals surface area contributed by atoms with Gasteiger partial charge < -0.3 is 19.7 Å². The number of cyclic esters (lactones) is 2. The molecule has 3 heterocycles. The van der Waals surface area contributed by atoms with Gasteiger partial charge in [-0.1, -0.05) is 32.3 Å². The molecule has 35 heavy (non-hydrogen) atoms. The molecule has 1 aliphatic carbocycles. The minimum absolute atomic E-state index is 0.128. The van der Waals surface area contributed by atoms with Crippen molar-refractivity contribution >= 4 is 17.8 Å². The van der Waals surface area contributed by atoms with Crippen molar-refractivity contribution in [2.45, 2.75) is 78.7 Å². The summed E-state index contributed by atoms with van der Waals surface area (Å²) in [6, 6.07) is 3.95. The smallest absolute Gasteiger partial charge is 0.338 e. The summed E-state index contributed by atoms with van der Waals surface area (Å²) < 4.78 is 10.1. The van der Waals surface area contributed by atoms with Crippen LogP contribution in [0.5, 0.6) is 0 Å². The quantitative estimate of drug-likeness (QED) is 0.483. The first kappa shape index (κ1) is 25.4. The summed E-state index contributed by atoms with van der Waals surface area (Å²) in [6.45, 7) is 9.51. The van der Waals surface area contributed by atoms with Crippen molar-refractivity contribution in [3.05, 3.63) is 45.7 Å². The Morgan fingerprint density at radius 1 is 0.943 bits per heavy atom. The second kappa shape index (κ2) is 10.9. The number of hydrogen-bond acceptors (Lipinski definition) is 6. The van der Waals surface area contributed by atoms with E-state index in [0.29, 0.717) is 12.2 Å². The fourth-order valence-corrected chi connectivity index (χ4v) is 5.71. The zero-order valence-corrected chi connectivity index (χ0v) is 21.3. The van der Waals surface area contributed by atoms with Crippen LogP contribution >= 0.6 is 0 Å².